The Labute approximate surface area is 213 Å². The summed E-state index contributed by atoms with van der Waals surface area (Å²) in [5.74, 6) is -5.80. The molecule has 0 unspecified atom stereocenters. The monoisotopic (exact) mass is 508 g/mol. The average Bonchev–Trinajstić information content (AvgIpc) is 3.11. The van der Waals surface area contributed by atoms with Gasteiger partial charge in [-0.2, -0.15) is 4.39 Å². The fraction of sp³-hybridized carbons (Fsp3) is 0.333. The van der Waals surface area contributed by atoms with Crippen molar-refractivity contribution < 1.29 is 28.4 Å². The minimum Gasteiger partial charge on any atom is -0.346 e. The highest BCUT2D eigenvalue weighted by Gasteiger charge is 2.46. The molecule has 2 heterocycles. The molecule has 0 saturated carbocycles. The SMILES string of the molecule is CC(C)[C@H](NC(=O)C[C@H](NC(=O)/C=C/c1cccc(F)n1)c1ccccc1)C(=O)[C@@H]1C(=O)NC(=O)[C@H]1C. The maximum Gasteiger partial charge on any atom is 0.244 e. The number of carbonyl (C=O) groups excluding carboxylic acids is 5. The van der Waals surface area contributed by atoms with E-state index in [1.165, 1.54) is 37.3 Å². The van der Waals surface area contributed by atoms with Crippen LogP contribution < -0.4 is 16.0 Å². The lowest BCUT2D eigenvalue weighted by Crippen LogP contribution is -2.49. The molecule has 1 aromatic heterocycles. The number of hydrogen-bond acceptors (Lipinski definition) is 6. The van der Waals surface area contributed by atoms with Gasteiger partial charge in [-0.15, -0.1) is 0 Å². The molecular formula is C27H29FN4O5. The first-order valence-electron chi connectivity index (χ1n) is 11.9. The van der Waals surface area contributed by atoms with Gasteiger partial charge in [0.15, 0.2) is 5.78 Å². The number of rotatable bonds is 10. The van der Waals surface area contributed by atoms with Crippen molar-refractivity contribution in [2.45, 2.75) is 39.3 Å². The highest BCUT2D eigenvalue weighted by Crippen LogP contribution is 2.24. The number of imide groups is 1. The lowest BCUT2D eigenvalue weighted by Gasteiger charge is -2.25. The molecule has 3 rings (SSSR count). The predicted octanol–water partition coefficient (Wildman–Crippen LogP) is 2.10. The third kappa shape index (κ3) is 7.16. The molecule has 0 spiro atoms. The van der Waals surface area contributed by atoms with Gasteiger partial charge in [0.05, 0.1) is 30.1 Å². The third-order valence-electron chi connectivity index (χ3n) is 6.09. The molecule has 1 saturated heterocycles. The van der Waals surface area contributed by atoms with Gasteiger partial charge in [0, 0.05) is 6.08 Å². The molecular weight excluding hydrogens is 479 g/mol. The van der Waals surface area contributed by atoms with E-state index in [9.17, 15) is 28.4 Å². The number of Topliss-reactive ketones (excluding diaryl/α,β-unsaturated/α-hetero) is 1. The van der Waals surface area contributed by atoms with E-state index in [1.54, 1.807) is 44.2 Å². The van der Waals surface area contributed by atoms with E-state index in [0.29, 0.717) is 5.56 Å². The minimum absolute atomic E-state index is 0.191. The number of hydrogen-bond donors (Lipinski definition) is 3. The van der Waals surface area contributed by atoms with Gasteiger partial charge in [-0.3, -0.25) is 29.3 Å². The minimum atomic E-state index is -1.17. The highest BCUT2D eigenvalue weighted by molar-refractivity contribution is 6.16. The standard InChI is InChI=1S/C27H29FN4O5/c1-15(2)24(25(35)23-16(3)26(36)32-27(23)37)31-22(34)14-19(17-8-5-4-6-9-17)30-21(33)13-12-18-10-7-11-20(28)29-18/h4-13,15-16,19,23-24H,14H2,1-3H3,(H,30,33)(H,31,34)(H,32,36,37)/b13-12+/t16-,19-,23+,24-/m0/s1. The van der Waals surface area contributed by atoms with E-state index in [4.69, 9.17) is 0 Å². The van der Waals surface area contributed by atoms with Crippen LogP contribution in [-0.4, -0.2) is 40.4 Å². The van der Waals surface area contributed by atoms with Crippen molar-refractivity contribution in [3.8, 4) is 0 Å². The third-order valence-corrected chi connectivity index (χ3v) is 6.09. The van der Waals surface area contributed by atoms with Crippen LogP contribution in [0.5, 0.6) is 0 Å². The highest BCUT2D eigenvalue weighted by atomic mass is 19.1. The summed E-state index contributed by atoms with van der Waals surface area (Å²) in [5, 5.41) is 7.60. The molecule has 1 aliphatic heterocycles. The number of halogens is 1. The lowest BCUT2D eigenvalue weighted by molar-refractivity contribution is -0.137. The second-order valence-electron chi connectivity index (χ2n) is 9.21. The predicted molar refractivity (Wildman–Crippen MR) is 133 cm³/mol. The van der Waals surface area contributed by atoms with Crippen molar-refractivity contribution in [2.75, 3.05) is 0 Å². The van der Waals surface area contributed by atoms with Gasteiger partial charge in [-0.05, 0) is 29.7 Å². The Kier molecular flexibility index (Phi) is 9.00. The van der Waals surface area contributed by atoms with Gasteiger partial charge in [-0.25, -0.2) is 4.98 Å². The summed E-state index contributed by atoms with van der Waals surface area (Å²) < 4.78 is 13.3. The second-order valence-corrected chi connectivity index (χ2v) is 9.21. The molecule has 10 heteroatoms. The zero-order valence-electron chi connectivity index (χ0n) is 20.7. The van der Waals surface area contributed by atoms with E-state index >= 15 is 0 Å². The summed E-state index contributed by atoms with van der Waals surface area (Å²) in [6, 6.07) is 11.3. The molecule has 2 aromatic rings. The number of benzene rings is 1. The van der Waals surface area contributed by atoms with Crippen LogP contribution in [0.3, 0.4) is 0 Å². The normalized spacial score (nSPS) is 18.9. The number of ketones is 1. The van der Waals surface area contributed by atoms with Gasteiger partial charge in [0.2, 0.25) is 29.6 Å². The molecule has 4 atom stereocenters. The number of carbonyl (C=O) groups is 5. The first kappa shape index (κ1) is 27.4. The van der Waals surface area contributed by atoms with Crippen LogP contribution in [0, 0.1) is 23.7 Å². The van der Waals surface area contributed by atoms with Crippen LogP contribution in [0.15, 0.2) is 54.6 Å². The average molecular weight is 509 g/mol. The molecule has 0 radical (unpaired) electrons. The van der Waals surface area contributed by atoms with Crippen LogP contribution in [-0.2, 0) is 24.0 Å². The Morgan fingerprint density at radius 2 is 1.73 bits per heavy atom. The molecule has 0 bridgehead atoms. The number of nitrogens with one attached hydrogen (secondary N) is 3. The molecule has 4 amide bonds. The largest absolute Gasteiger partial charge is 0.346 e. The van der Waals surface area contributed by atoms with Gasteiger partial charge in [0.1, 0.15) is 5.92 Å². The van der Waals surface area contributed by atoms with Crippen molar-refractivity contribution >= 4 is 35.5 Å². The van der Waals surface area contributed by atoms with Crippen LogP contribution in [0.1, 0.15) is 44.5 Å². The summed E-state index contributed by atoms with van der Waals surface area (Å²) in [7, 11) is 0. The molecule has 9 nitrogen and oxygen atoms in total. The zero-order chi connectivity index (χ0) is 27.1. The number of amides is 4. The summed E-state index contributed by atoms with van der Waals surface area (Å²) in [6.07, 6.45) is 2.35. The molecule has 0 aliphatic carbocycles. The van der Waals surface area contributed by atoms with Crippen LogP contribution >= 0.6 is 0 Å². The number of nitrogens with zero attached hydrogens (tertiary/aromatic N) is 1. The van der Waals surface area contributed by atoms with Crippen molar-refractivity contribution in [3.05, 3.63) is 71.8 Å². The maximum atomic E-state index is 13.3. The first-order chi connectivity index (χ1) is 17.6. The number of aromatic nitrogens is 1. The Hall–Kier alpha value is -4.21. The van der Waals surface area contributed by atoms with Crippen LogP contribution in [0.4, 0.5) is 4.39 Å². The van der Waals surface area contributed by atoms with Crippen molar-refractivity contribution in [1.29, 1.82) is 0 Å². The van der Waals surface area contributed by atoms with E-state index in [-0.39, 0.29) is 18.0 Å². The second kappa shape index (κ2) is 12.2. The molecule has 1 fully saturated rings. The van der Waals surface area contributed by atoms with Gasteiger partial charge < -0.3 is 10.6 Å². The molecule has 3 N–H and O–H groups in total. The van der Waals surface area contributed by atoms with Crippen LogP contribution in [0.25, 0.3) is 6.08 Å². The van der Waals surface area contributed by atoms with Gasteiger partial charge in [0.25, 0.3) is 0 Å². The van der Waals surface area contributed by atoms with Crippen molar-refractivity contribution in [3.63, 3.8) is 0 Å². The summed E-state index contributed by atoms with van der Waals surface area (Å²) >= 11 is 0. The summed E-state index contributed by atoms with van der Waals surface area (Å²) in [5.41, 5.74) is 0.913. The topological polar surface area (TPSA) is 134 Å². The Morgan fingerprint density at radius 1 is 1.03 bits per heavy atom. The van der Waals surface area contributed by atoms with Gasteiger partial charge >= 0.3 is 0 Å². The number of pyridine rings is 1. The first-order valence-corrected chi connectivity index (χ1v) is 11.9. The fourth-order valence-corrected chi connectivity index (χ4v) is 4.08. The van der Waals surface area contributed by atoms with E-state index in [2.05, 4.69) is 20.9 Å². The summed E-state index contributed by atoms with van der Waals surface area (Å²) in [4.78, 5) is 66.4. The maximum absolute atomic E-state index is 13.3. The smallest absolute Gasteiger partial charge is 0.244 e. The Balaban J connectivity index is 1.73. The van der Waals surface area contributed by atoms with E-state index in [1.807, 2.05) is 0 Å². The quantitative estimate of drug-likeness (QED) is 0.195. The van der Waals surface area contributed by atoms with Crippen LogP contribution in [0.2, 0.25) is 0 Å². The molecule has 194 valence electrons. The van der Waals surface area contributed by atoms with E-state index < -0.39 is 59.3 Å². The fourth-order valence-electron chi connectivity index (χ4n) is 4.08. The zero-order valence-corrected chi connectivity index (χ0v) is 20.7. The lowest BCUT2D eigenvalue weighted by atomic mass is 9.85. The van der Waals surface area contributed by atoms with Crippen molar-refractivity contribution in [1.82, 2.24) is 20.9 Å². The molecule has 1 aliphatic rings. The summed E-state index contributed by atoms with van der Waals surface area (Å²) in [6.45, 7) is 4.95. The Morgan fingerprint density at radius 3 is 2.32 bits per heavy atom. The van der Waals surface area contributed by atoms with E-state index in [0.717, 1.165) is 0 Å². The Bertz CT molecular complexity index is 1210. The molecule has 1 aromatic carbocycles. The van der Waals surface area contributed by atoms with Crippen molar-refractivity contribution in [2.24, 2.45) is 17.8 Å². The van der Waals surface area contributed by atoms with Gasteiger partial charge in [-0.1, -0.05) is 57.2 Å². The molecule has 37 heavy (non-hydrogen) atoms.